The molecule has 0 aliphatic carbocycles. The first-order valence-electron chi connectivity index (χ1n) is 6.23. The Morgan fingerprint density at radius 2 is 2.28 bits per heavy atom. The number of ether oxygens (including phenoxy) is 1. The molecule has 18 heavy (non-hydrogen) atoms. The lowest BCUT2D eigenvalue weighted by atomic mass is 9.91. The fraction of sp³-hybridized carbons (Fsp3) is 0.429. The summed E-state index contributed by atoms with van der Waals surface area (Å²) < 4.78 is 5.53. The summed E-state index contributed by atoms with van der Waals surface area (Å²) in [4.78, 5) is 15.6. The van der Waals surface area contributed by atoms with E-state index in [9.17, 15) is 9.90 Å². The van der Waals surface area contributed by atoms with Crippen LogP contribution in [-0.2, 0) is 11.2 Å². The van der Waals surface area contributed by atoms with Gasteiger partial charge in [0, 0.05) is 5.92 Å². The first kappa shape index (κ1) is 12.6. The van der Waals surface area contributed by atoms with Crippen LogP contribution in [0.5, 0.6) is 0 Å². The first-order valence-corrected chi connectivity index (χ1v) is 6.23. The van der Waals surface area contributed by atoms with Gasteiger partial charge < -0.3 is 9.84 Å². The highest BCUT2D eigenvalue weighted by molar-refractivity contribution is 5.97. The van der Waals surface area contributed by atoms with Gasteiger partial charge in [0.05, 0.1) is 17.9 Å². The van der Waals surface area contributed by atoms with Crippen molar-refractivity contribution in [1.29, 1.82) is 0 Å². The highest BCUT2D eigenvalue weighted by atomic mass is 16.5. The molecule has 0 bridgehead atoms. The number of carboxylic acid groups (broad SMARTS) is 1. The molecular weight excluding hydrogens is 230 g/mol. The Labute approximate surface area is 106 Å². The molecule has 1 aliphatic rings. The van der Waals surface area contributed by atoms with Crippen molar-refractivity contribution in [2.45, 2.75) is 26.7 Å². The van der Waals surface area contributed by atoms with Crippen LogP contribution >= 0.6 is 0 Å². The summed E-state index contributed by atoms with van der Waals surface area (Å²) in [5.41, 5.74) is 1.79. The fourth-order valence-corrected chi connectivity index (χ4v) is 2.23. The monoisotopic (exact) mass is 247 g/mol. The number of benzene rings is 1. The lowest BCUT2D eigenvalue weighted by molar-refractivity contribution is 0.0697. The third kappa shape index (κ3) is 2.23. The SMILES string of the molecule is CCOC1=Nc2c(cccc2C(=O)O)CC1CC. The van der Waals surface area contributed by atoms with Crippen molar-refractivity contribution in [2.75, 3.05) is 6.61 Å². The Morgan fingerprint density at radius 3 is 2.89 bits per heavy atom. The van der Waals surface area contributed by atoms with Crippen LogP contribution in [-0.4, -0.2) is 23.6 Å². The van der Waals surface area contributed by atoms with E-state index in [2.05, 4.69) is 11.9 Å². The molecule has 1 aliphatic heterocycles. The van der Waals surface area contributed by atoms with E-state index in [0.717, 1.165) is 18.4 Å². The topological polar surface area (TPSA) is 58.9 Å². The summed E-state index contributed by atoms with van der Waals surface area (Å²) in [6, 6.07) is 5.30. The standard InChI is InChI=1S/C14H17NO3/c1-3-9-8-10-6-5-7-11(14(16)17)12(10)15-13(9)18-4-2/h5-7,9H,3-4,8H2,1-2H3,(H,16,17). The predicted octanol–water partition coefficient (Wildman–Crippen LogP) is 3.03. The Hall–Kier alpha value is -1.84. The second-order valence-corrected chi connectivity index (χ2v) is 4.31. The Kier molecular flexibility index (Phi) is 3.65. The summed E-state index contributed by atoms with van der Waals surface area (Å²) >= 11 is 0. The van der Waals surface area contributed by atoms with Crippen LogP contribution in [0.25, 0.3) is 0 Å². The normalized spacial score (nSPS) is 17.9. The van der Waals surface area contributed by atoms with Gasteiger partial charge in [-0.15, -0.1) is 0 Å². The molecule has 4 nitrogen and oxygen atoms in total. The van der Waals surface area contributed by atoms with Crippen molar-refractivity contribution >= 4 is 17.6 Å². The lowest BCUT2D eigenvalue weighted by Crippen LogP contribution is -2.23. The van der Waals surface area contributed by atoms with E-state index in [1.807, 2.05) is 13.0 Å². The van der Waals surface area contributed by atoms with Crippen molar-refractivity contribution in [3.63, 3.8) is 0 Å². The quantitative estimate of drug-likeness (QED) is 0.893. The molecule has 1 heterocycles. The van der Waals surface area contributed by atoms with Gasteiger partial charge in [-0.05, 0) is 31.4 Å². The van der Waals surface area contributed by atoms with Crippen molar-refractivity contribution in [3.8, 4) is 0 Å². The highest BCUT2D eigenvalue weighted by Gasteiger charge is 2.25. The molecule has 96 valence electrons. The fourth-order valence-electron chi connectivity index (χ4n) is 2.23. The van der Waals surface area contributed by atoms with Crippen molar-refractivity contribution in [3.05, 3.63) is 29.3 Å². The molecule has 1 unspecified atom stereocenters. The summed E-state index contributed by atoms with van der Waals surface area (Å²) in [6.45, 7) is 4.55. The number of carbonyl (C=O) groups is 1. The van der Waals surface area contributed by atoms with Crippen molar-refractivity contribution in [1.82, 2.24) is 0 Å². The van der Waals surface area contributed by atoms with Gasteiger partial charge in [0.1, 0.15) is 0 Å². The molecule has 0 aromatic heterocycles. The van der Waals surface area contributed by atoms with Gasteiger partial charge in [-0.3, -0.25) is 0 Å². The number of carboxylic acids is 1. The number of nitrogens with zero attached hydrogens (tertiary/aromatic N) is 1. The average molecular weight is 247 g/mol. The summed E-state index contributed by atoms with van der Waals surface area (Å²) in [7, 11) is 0. The van der Waals surface area contributed by atoms with Gasteiger partial charge in [-0.25, -0.2) is 9.79 Å². The zero-order chi connectivity index (χ0) is 13.1. The number of hydrogen-bond acceptors (Lipinski definition) is 3. The zero-order valence-corrected chi connectivity index (χ0v) is 10.6. The molecule has 0 spiro atoms. The van der Waals surface area contributed by atoms with E-state index in [-0.39, 0.29) is 11.5 Å². The van der Waals surface area contributed by atoms with Crippen LogP contribution in [0.4, 0.5) is 5.69 Å². The molecule has 0 saturated heterocycles. The number of para-hydroxylation sites is 1. The molecule has 2 rings (SSSR count). The average Bonchev–Trinajstić information content (AvgIpc) is 2.37. The molecule has 0 fully saturated rings. The minimum atomic E-state index is -0.943. The maximum absolute atomic E-state index is 11.2. The minimum absolute atomic E-state index is 0.249. The molecule has 1 aromatic rings. The van der Waals surface area contributed by atoms with Gasteiger partial charge in [-0.1, -0.05) is 19.1 Å². The highest BCUT2D eigenvalue weighted by Crippen LogP contribution is 2.33. The van der Waals surface area contributed by atoms with Gasteiger partial charge in [0.15, 0.2) is 5.90 Å². The van der Waals surface area contributed by atoms with E-state index in [0.29, 0.717) is 18.2 Å². The number of aromatic carboxylic acids is 1. The van der Waals surface area contributed by atoms with Crippen LogP contribution < -0.4 is 0 Å². The molecule has 1 N–H and O–H groups in total. The van der Waals surface area contributed by atoms with Crippen LogP contribution in [0, 0.1) is 5.92 Å². The maximum atomic E-state index is 11.2. The van der Waals surface area contributed by atoms with Crippen LogP contribution in [0.3, 0.4) is 0 Å². The molecular formula is C14H17NO3. The summed E-state index contributed by atoms with van der Waals surface area (Å²) in [6.07, 6.45) is 1.74. The predicted molar refractivity (Wildman–Crippen MR) is 69.6 cm³/mol. The van der Waals surface area contributed by atoms with Crippen LogP contribution in [0.2, 0.25) is 0 Å². The second-order valence-electron chi connectivity index (χ2n) is 4.31. The third-order valence-electron chi connectivity index (χ3n) is 3.17. The van der Waals surface area contributed by atoms with Crippen molar-refractivity contribution < 1.29 is 14.6 Å². The van der Waals surface area contributed by atoms with E-state index in [1.54, 1.807) is 12.1 Å². The number of aliphatic imine (C=N–C) groups is 1. The number of rotatable bonds is 3. The molecule has 1 atom stereocenters. The van der Waals surface area contributed by atoms with E-state index < -0.39 is 5.97 Å². The third-order valence-corrected chi connectivity index (χ3v) is 3.17. The van der Waals surface area contributed by atoms with Crippen molar-refractivity contribution in [2.24, 2.45) is 10.9 Å². The number of fused-ring (bicyclic) bond motifs is 1. The summed E-state index contributed by atoms with van der Waals surface area (Å²) in [5, 5.41) is 9.17. The lowest BCUT2D eigenvalue weighted by Gasteiger charge is -2.24. The van der Waals surface area contributed by atoms with Gasteiger partial charge in [0.2, 0.25) is 0 Å². The molecule has 0 radical (unpaired) electrons. The second kappa shape index (κ2) is 5.21. The smallest absolute Gasteiger partial charge is 0.337 e. The zero-order valence-electron chi connectivity index (χ0n) is 10.6. The molecule has 0 saturated carbocycles. The Morgan fingerprint density at radius 1 is 1.50 bits per heavy atom. The largest absolute Gasteiger partial charge is 0.481 e. The van der Waals surface area contributed by atoms with Gasteiger partial charge in [0.25, 0.3) is 0 Å². The van der Waals surface area contributed by atoms with Crippen LogP contribution in [0.15, 0.2) is 23.2 Å². The van der Waals surface area contributed by atoms with E-state index >= 15 is 0 Å². The Balaban J connectivity index is 2.49. The molecule has 1 aromatic carbocycles. The maximum Gasteiger partial charge on any atom is 0.337 e. The molecule has 4 heteroatoms. The van der Waals surface area contributed by atoms with Gasteiger partial charge in [-0.2, -0.15) is 0 Å². The van der Waals surface area contributed by atoms with E-state index in [4.69, 9.17) is 4.74 Å². The summed E-state index contributed by atoms with van der Waals surface area (Å²) in [5.74, 6) is -0.0240. The first-order chi connectivity index (χ1) is 8.67. The van der Waals surface area contributed by atoms with Gasteiger partial charge >= 0.3 is 5.97 Å². The number of hydrogen-bond donors (Lipinski definition) is 1. The molecule has 0 amide bonds. The van der Waals surface area contributed by atoms with Crippen LogP contribution in [0.1, 0.15) is 36.2 Å². The minimum Gasteiger partial charge on any atom is -0.481 e. The Bertz CT molecular complexity index is 494. The van der Waals surface area contributed by atoms with E-state index in [1.165, 1.54) is 0 Å².